The number of nitrogens with zero attached hydrogens (tertiary/aromatic N) is 2. The lowest BCUT2D eigenvalue weighted by atomic mass is 10.3. The molecule has 0 aromatic carbocycles. The predicted octanol–water partition coefficient (Wildman–Crippen LogP) is 0.792. The van der Waals surface area contributed by atoms with Crippen LogP contribution in [0.3, 0.4) is 0 Å². The van der Waals surface area contributed by atoms with Crippen LogP contribution in [0.4, 0.5) is 0 Å². The third-order valence-corrected chi connectivity index (χ3v) is 1.88. The van der Waals surface area contributed by atoms with Crippen LogP contribution < -0.4 is 0 Å². The lowest BCUT2D eigenvalue weighted by Gasteiger charge is -2.25. The Hall–Kier alpha value is -0.120. The van der Waals surface area contributed by atoms with E-state index in [0.29, 0.717) is 6.04 Å². The Morgan fingerprint density at radius 3 is 2.09 bits per heavy atom. The van der Waals surface area contributed by atoms with Crippen LogP contribution in [-0.2, 0) is 0 Å². The van der Waals surface area contributed by atoms with Crippen molar-refractivity contribution in [2.45, 2.75) is 19.9 Å². The van der Waals surface area contributed by atoms with E-state index in [4.69, 9.17) is 0 Å². The summed E-state index contributed by atoms with van der Waals surface area (Å²) in [5.74, 6) is 0. The second-order valence-corrected chi connectivity index (χ2v) is 3.92. The molecule has 0 aliphatic carbocycles. The Morgan fingerprint density at radius 2 is 1.82 bits per heavy atom. The van der Waals surface area contributed by atoms with Crippen LogP contribution >= 0.6 is 0 Å². The molecule has 0 fully saturated rings. The highest BCUT2D eigenvalue weighted by Gasteiger charge is 2.12. The third kappa shape index (κ3) is 6.28. The van der Waals surface area contributed by atoms with Crippen molar-refractivity contribution < 1.29 is 9.85 Å². The van der Waals surface area contributed by atoms with Crippen LogP contribution in [0.15, 0.2) is 0 Å². The quantitative estimate of drug-likeness (QED) is 0.487. The number of quaternary nitrogens is 1. The first-order valence-corrected chi connectivity index (χ1v) is 4.09. The van der Waals surface area contributed by atoms with Gasteiger partial charge in [0.2, 0.25) is 0 Å². The minimum Gasteiger partial charge on any atom is -0.298 e. The maximum absolute atomic E-state index is 9.36. The van der Waals surface area contributed by atoms with Crippen molar-refractivity contribution in [1.82, 2.24) is 4.90 Å². The van der Waals surface area contributed by atoms with Gasteiger partial charge in [-0.3, -0.25) is 4.90 Å². The molecule has 0 amide bonds. The number of hydrogen-bond acceptors (Lipinski definition) is 2. The molecule has 0 aliphatic heterocycles. The maximum Gasteiger partial charge on any atom is 0.121 e. The average molecular weight is 161 g/mol. The van der Waals surface area contributed by atoms with Crippen LogP contribution in [0, 0.1) is 0 Å². The standard InChI is InChI=1S/C8H21N2O/c1-8(2)9(3)6-7-10(4,5)11/h8,11H,6-7H2,1-5H3/q+1. The lowest BCUT2D eigenvalue weighted by molar-refractivity contribution is -1.07. The highest BCUT2D eigenvalue weighted by atomic mass is 16.5. The Balaban J connectivity index is 3.54. The van der Waals surface area contributed by atoms with Gasteiger partial charge in [-0.25, -0.2) is 5.21 Å². The van der Waals surface area contributed by atoms with Crippen molar-refractivity contribution in [3.8, 4) is 0 Å². The van der Waals surface area contributed by atoms with Crippen molar-refractivity contribution in [2.24, 2.45) is 0 Å². The van der Waals surface area contributed by atoms with E-state index in [-0.39, 0.29) is 4.65 Å². The van der Waals surface area contributed by atoms with Crippen LogP contribution in [-0.4, -0.2) is 55.0 Å². The Labute approximate surface area is 69.8 Å². The molecule has 0 atom stereocenters. The fourth-order valence-electron chi connectivity index (χ4n) is 0.661. The number of hydrogen-bond donors (Lipinski definition) is 1. The van der Waals surface area contributed by atoms with Gasteiger partial charge in [0.25, 0.3) is 0 Å². The molecule has 0 radical (unpaired) electrons. The van der Waals surface area contributed by atoms with E-state index < -0.39 is 0 Å². The molecule has 0 aromatic heterocycles. The zero-order valence-electron chi connectivity index (χ0n) is 8.33. The second kappa shape index (κ2) is 4.04. The summed E-state index contributed by atoms with van der Waals surface area (Å²) in [6.45, 7) is 6.00. The van der Waals surface area contributed by atoms with Gasteiger partial charge in [-0.15, -0.1) is 0 Å². The van der Waals surface area contributed by atoms with Crippen molar-refractivity contribution in [1.29, 1.82) is 0 Å². The van der Waals surface area contributed by atoms with Gasteiger partial charge >= 0.3 is 0 Å². The van der Waals surface area contributed by atoms with Crippen LogP contribution in [0.2, 0.25) is 0 Å². The minimum atomic E-state index is 0.0526. The molecule has 68 valence electrons. The molecule has 0 saturated heterocycles. The molecule has 0 heterocycles. The molecule has 0 aliphatic rings. The smallest absolute Gasteiger partial charge is 0.121 e. The van der Waals surface area contributed by atoms with E-state index in [0.717, 1.165) is 13.1 Å². The molecule has 11 heavy (non-hydrogen) atoms. The monoisotopic (exact) mass is 161 g/mol. The molecule has 1 N–H and O–H groups in total. The molecule has 3 heteroatoms. The van der Waals surface area contributed by atoms with E-state index in [1.807, 2.05) is 0 Å². The molecular weight excluding hydrogens is 140 g/mol. The van der Waals surface area contributed by atoms with Gasteiger partial charge in [0.1, 0.15) is 6.54 Å². The summed E-state index contributed by atoms with van der Waals surface area (Å²) >= 11 is 0. The Kier molecular flexibility index (Phi) is 4.00. The van der Waals surface area contributed by atoms with Crippen molar-refractivity contribution in [3.05, 3.63) is 0 Å². The van der Waals surface area contributed by atoms with Crippen LogP contribution in [0.1, 0.15) is 13.8 Å². The summed E-state index contributed by atoms with van der Waals surface area (Å²) in [6.07, 6.45) is 0. The Morgan fingerprint density at radius 1 is 1.36 bits per heavy atom. The first-order valence-electron chi connectivity index (χ1n) is 4.09. The highest BCUT2D eigenvalue weighted by Crippen LogP contribution is 1.95. The van der Waals surface area contributed by atoms with Gasteiger partial charge in [-0.1, -0.05) is 0 Å². The highest BCUT2D eigenvalue weighted by molar-refractivity contribution is 4.54. The fourth-order valence-corrected chi connectivity index (χ4v) is 0.661. The normalized spacial score (nSPS) is 13.1. The predicted molar refractivity (Wildman–Crippen MR) is 46.5 cm³/mol. The molecule has 0 spiro atoms. The average Bonchev–Trinajstić information content (AvgIpc) is 1.80. The van der Waals surface area contributed by atoms with E-state index in [1.165, 1.54) is 0 Å². The summed E-state index contributed by atoms with van der Waals surface area (Å²) in [5, 5.41) is 9.36. The summed E-state index contributed by atoms with van der Waals surface area (Å²) < 4.78 is 0.0526. The fraction of sp³-hybridized carbons (Fsp3) is 1.00. The first-order chi connectivity index (χ1) is 4.83. The van der Waals surface area contributed by atoms with Gasteiger partial charge in [-0.2, -0.15) is 4.65 Å². The summed E-state index contributed by atoms with van der Waals surface area (Å²) in [5.41, 5.74) is 0. The molecule has 0 aromatic rings. The summed E-state index contributed by atoms with van der Waals surface area (Å²) in [6, 6.07) is 0.557. The van der Waals surface area contributed by atoms with Crippen molar-refractivity contribution in [3.63, 3.8) is 0 Å². The second-order valence-electron chi connectivity index (χ2n) is 3.92. The van der Waals surface area contributed by atoms with Crippen LogP contribution in [0.5, 0.6) is 0 Å². The first kappa shape index (κ1) is 10.9. The summed E-state index contributed by atoms with van der Waals surface area (Å²) in [7, 11) is 5.64. The third-order valence-electron chi connectivity index (χ3n) is 1.88. The topological polar surface area (TPSA) is 23.5 Å². The van der Waals surface area contributed by atoms with E-state index >= 15 is 0 Å². The SMILES string of the molecule is CC(C)N(C)CC[N+](C)(C)O. The van der Waals surface area contributed by atoms with Crippen LogP contribution in [0.25, 0.3) is 0 Å². The van der Waals surface area contributed by atoms with E-state index in [2.05, 4.69) is 25.8 Å². The molecule has 0 unspecified atom stereocenters. The molecule has 0 saturated carbocycles. The van der Waals surface area contributed by atoms with Gasteiger partial charge < -0.3 is 0 Å². The van der Waals surface area contributed by atoms with Gasteiger partial charge in [-0.05, 0) is 20.9 Å². The number of rotatable bonds is 4. The molecule has 3 nitrogen and oxygen atoms in total. The Bertz CT molecular complexity index is 107. The van der Waals surface area contributed by atoms with E-state index in [9.17, 15) is 5.21 Å². The number of likely N-dealkylation sites (N-methyl/N-ethyl adjacent to an activating group) is 2. The minimum absolute atomic E-state index is 0.0526. The largest absolute Gasteiger partial charge is 0.298 e. The number of hydroxylamine groups is 3. The molecular formula is C8H21N2O+. The van der Waals surface area contributed by atoms with Gasteiger partial charge in [0, 0.05) is 6.04 Å². The summed E-state index contributed by atoms with van der Waals surface area (Å²) in [4.78, 5) is 2.22. The zero-order chi connectivity index (χ0) is 9.07. The van der Waals surface area contributed by atoms with Gasteiger partial charge in [0.05, 0.1) is 20.6 Å². The van der Waals surface area contributed by atoms with E-state index in [1.54, 1.807) is 14.1 Å². The lowest BCUT2D eigenvalue weighted by Crippen LogP contribution is -2.43. The van der Waals surface area contributed by atoms with Gasteiger partial charge in [0.15, 0.2) is 0 Å². The molecule has 0 rings (SSSR count). The molecule has 0 bridgehead atoms. The zero-order valence-corrected chi connectivity index (χ0v) is 8.33. The van der Waals surface area contributed by atoms with Crippen molar-refractivity contribution in [2.75, 3.05) is 34.2 Å². The van der Waals surface area contributed by atoms with Crippen molar-refractivity contribution >= 4 is 0 Å². The maximum atomic E-state index is 9.36.